The zero-order valence-corrected chi connectivity index (χ0v) is 12.1. The van der Waals surface area contributed by atoms with Crippen LogP contribution in [0.2, 0.25) is 5.02 Å². The van der Waals surface area contributed by atoms with Crippen molar-refractivity contribution in [3.05, 3.63) is 69.7 Å². The van der Waals surface area contributed by atoms with Crippen molar-refractivity contribution in [2.75, 3.05) is 6.54 Å². The quantitative estimate of drug-likeness (QED) is 0.867. The van der Waals surface area contributed by atoms with Crippen LogP contribution in [0.15, 0.2) is 36.4 Å². The van der Waals surface area contributed by atoms with E-state index in [0.717, 1.165) is 17.2 Å². The Balaban J connectivity index is 2.50. The lowest BCUT2D eigenvalue weighted by Gasteiger charge is -2.21. The van der Waals surface area contributed by atoms with Crippen LogP contribution in [0, 0.1) is 18.6 Å². The highest BCUT2D eigenvalue weighted by Crippen LogP contribution is 2.28. The van der Waals surface area contributed by atoms with E-state index in [2.05, 4.69) is 5.32 Å². The van der Waals surface area contributed by atoms with Gasteiger partial charge in [0.2, 0.25) is 0 Å². The largest absolute Gasteiger partial charge is 0.306 e. The summed E-state index contributed by atoms with van der Waals surface area (Å²) in [4.78, 5) is 0. The summed E-state index contributed by atoms with van der Waals surface area (Å²) in [6.07, 6.45) is 0. The summed E-state index contributed by atoms with van der Waals surface area (Å²) < 4.78 is 27.1. The standard InChI is InChI=1S/C16H16ClF2N/c1-3-20-16(13-6-4-11(17)8-10(13)2)14-7-5-12(18)9-15(14)19/h4-9,16,20H,3H2,1-2H3. The number of rotatable bonds is 4. The van der Waals surface area contributed by atoms with E-state index in [1.165, 1.54) is 12.1 Å². The first-order valence-corrected chi connectivity index (χ1v) is 6.85. The van der Waals surface area contributed by atoms with E-state index in [1.54, 1.807) is 6.07 Å². The molecule has 1 N–H and O–H groups in total. The Morgan fingerprint density at radius 3 is 2.40 bits per heavy atom. The molecule has 20 heavy (non-hydrogen) atoms. The van der Waals surface area contributed by atoms with Crippen LogP contribution in [-0.4, -0.2) is 6.54 Å². The lowest BCUT2D eigenvalue weighted by molar-refractivity contribution is 0.540. The number of hydrogen-bond acceptors (Lipinski definition) is 1. The molecule has 2 rings (SSSR count). The summed E-state index contributed by atoms with van der Waals surface area (Å²) in [5.74, 6) is -1.13. The first kappa shape index (κ1) is 14.9. The van der Waals surface area contributed by atoms with Crippen LogP contribution < -0.4 is 5.32 Å². The molecule has 2 aromatic carbocycles. The third kappa shape index (κ3) is 3.17. The van der Waals surface area contributed by atoms with Crippen LogP contribution in [0.5, 0.6) is 0 Å². The van der Waals surface area contributed by atoms with Gasteiger partial charge in [-0.3, -0.25) is 0 Å². The molecule has 0 spiro atoms. The lowest BCUT2D eigenvalue weighted by atomic mass is 9.94. The Labute approximate surface area is 122 Å². The van der Waals surface area contributed by atoms with Crippen molar-refractivity contribution in [3.63, 3.8) is 0 Å². The van der Waals surface area contributed by atoms with Crippen molar-refractivity contribution < 1.29 is 8.78 Å². The van der Waals surface area contributed by atoms with Gasteiger partial charge in [-0.05, 0) is 42.8 Å². The van der Waals surface area contributed by atoms with Crippen molar-refractivity contribution >= 4 is 11.6 Å². The fourth-order valence-corrected chi connectivity index (χ4v) is 2.52. The summed E-state index contributed by atoms with van der Waals surface area (Å²) >= 11 is 5.95. The molecule has 0 fully saturated rings. The Hall–Kier alpha value is -1.45. The van der Waals surface area contributed by atoms with Gasteiger partial charge < -0.3 is 5.32 Å². The zero-order chi connectivity index (χ0) is 14.7. The second-order valence-corrected chi connectivity index (χ2v) is 5.09. The average Bonchev–Trinajstić information content (AvgIpc) is 2.37. The van der Waals surface area contributed by atoms with E-state index in [1.807, 2.05) is 26.0 Å². The normalized spacial score (nSPS) is 12.4. The second kappa shape index (κ2) is 6.33. The third-order valence-electron chi connectivity index (χ3n) is 3.22. The number of benzene rings is 2. The maximum Gasteiger partial charge on any atom is 0.131 e. The fraction of sp³-hybridized carbons (Fsp3) is 0.250. The summed E-state index contributed by atoms with van der Waals surface area (Å²) in [5.41, 5.74) is 2.33. The van der Waals surface area contributed by atoms with Gasteiger partial charge >= 0.3 is 0 Å². The summed E-state index contributed by atoms with van der Waals surface area (Å²) in [7, 11) is 0. The first-order valence-electron chi connectivity index (χ1n) is 6.47. The highest BCUT2D eigenvalue weighted by molar-refractivity contribution is 6.30. The molecule has 0 aliphatic heterocycles. The maximum atomic E-state index is 14.0. The molecule has 2 aromatic rings. The average molecular weight is 296 g/mol. The second-order valence-electron chi connectivity index (χ2n) is 4.66. The highest BCUT2D eigenvalue weighted by atomic mass is 35.5. The van der Waals surface area contributed by atoms with Gasteiger partial charge in [0.25, 0.3) is 0 Å². The van der Waals surface area contributed by atoms with Crippen LogP contribution >= 0.6 is 11.6 Å². The molecule has 0 heterocycles. The van der Waals surface area contributed by atoms with Gasteiger partial charge in [-0.1, -0.05) is 30.7 Å². The van der Waals surface area contributed by atoms with E-state index < -0.39 is 11.6 Å². The van der Waals surface area contributed by atoms with E-state index in [9.17, 15) is 8.78 Å². The first-order chi connectivity index (χ1) is 9.52. The van der Waals surface area contributed by atoms with Crippen LogP contribution in [0.3, 0.4) is 0 Å². The molecule has 0 radical (unpaired) electrons. The Morgan fingerprint density at radius 1 is 1.10 bits per heavy atom. The molecular weight excluding hydrogens is 280 g/mol. The molecule has 4 heteroatoms. The summed E-state index contributed by atoms with van der Waals surface area (Å²) in [6.45, 7) is 4.54. The minimum absolute atomic E-state index is 0.321. The van der Waals surface area contributed by atoms with Crippen LogP contribution in [-0.2, 0) is 0 Å². The number of nitrogens with one attached hydrogen (secondary N) is 1. The zero-order valence-electron chi connectivity index (χ0n) is 11.4. The van der Waals surface area contributed by atoms with Gasteiger partial charge in [0.15, 0.2) is 0 Å². The predicted molar refractivity (Wildman–Crippen MR) is 78.1 cm³/mol. The molecule has 0 aromatic heterocycles. The highest BCUT2D eigenvalue weighted by Gasteiger charge is 2.19. The van der Waals surface area contributed by atoms with Gasteiger partial charge in [-0.25, -0.2) is 8.78 Å². The van der Waals surface area contributed by atoms with Crippen molar-refractivity contribution in [1.82, 2.24) is 5.32 Å². The van der Waals surface area contributed by atoms with Gasteiger partial charge in [0.1, 0.15) is 11.6 Å². The maximum absolute atomic E-state index is 14.0. The monoisotopic (exact) mass is 295 g/mol. The molecule has 1 unspecified atom stereocenters. The fourth-order valence-electron chi connectivity index (χ4n) is 2.29. The Kier molecular flexibility index (Phi) is 4.73. The molecular formula is C16H16ClF2N. The van der Waals surface area contributed by atoms with E-state index in [4.69, 9.17) is 11.6 Å². The smallest absolute Gasteiger partial charge is 0.131 e. The van der Waals surface area contributed by atoms with Crippen molar-refractivity contribution in [3.8, 4) is 0 Å². The van der Waals surface area contributed by atoms with Crippen molar-refractivity contribution in [1.29, 1.82) is 0 Å². The molecule has 0 aliphatic carbocycles. The van der Waals surface area contributed by atoms with E-state index in [0.29, 0.717) is 17.1 Å². The number of aryl methyl sites for hydroxylation is 1. The SMILES string of the molecule is CCNC(c1ccc(Cl)cc1C)c1ccc(F)cc1F. The molecule has 0 amide bonds. The molecule has 1 atom stereocenters. The van der Waals surface area contributed by atoms with E-state index >= 15 is 0 Å². The molecule has 0 aliphatic rings. The molecule has 106 valence electrons. The van der Waals surface area contributed by atoms with Crippen LogP contribution in [0.4, 0.5) is 8.78 Å². The Morgan fingerprint density at radius 2 is 1.80 bits per heavy atom. The topological polar surface area (TPSA) is 12.0 Å². The van der Waals surface area contributed by atoms with Gasteiger partial charge in [0, 0.05) is 16.7 Å². The Bertz CT molecular complexity index is 562. The minimum Gasteiger partial charge on any atom is -0.306 e. The lowest BCUT2D eigenvalue weighted by Crippen LogP contribution is -2.23. The van der Waals surface area contributed by atoms with Gasteiger partial charge in [0.05, 0.1) is 6.04 Å². The summed E-state index contributed by atoms with van der Waals surface area (Å²) in [6, 6.07) is 8.81. The molecule has 0 bridgehead atoms. The van der Waals surface area contributed by atoms with Crippen LogP contribution in [0.1, 0.15) is 29.7 Å². The van der Waals surface area contributed by atoms with Crippen molar-refractivity contribution in [2.45, 2.75) is 19.9 Å². The van der Waals surface area contributed by atoms with E-state index in [-0.39, 0.29) is 6.04 Å². The van der Waals surface area contributed by atoms with Gasteiger partial charge in [-0.2, -0.15) is 0 Å². The number of hydrogen-bond donors (Lipinski definition) is 1. The third-order valence-corrected chi connectivity index (χ3v) is 3.46. The minimum atomic E-state index is -0.575. The van der Waals surface area contributed by atoms with Crippen molar-refractivity contribution in [2.24, 2.45) is 0 Å². The predicted octanol–water partition coefficient (Wildman–Crippen LogP) is 4.63. The number of halogens is 3. The van der Waals surface area contributed by atoms with Crippen LogP contribution in [0.25, 0.3) is 0 Å². The molecule has 0 saturated heterocycles. The molecule has 0 saturated carbocycles. The van der Waals surface area contributed by atoms with Gasteiger partial charge in [-0.15, -0.1) is 0 Å². The molecule has 1 nitrogen and oxygen atoms in total. The summed E-state index contributed by atoms with van der Waals surface area (Å²) in [5, 5.41) is 3.87.